The SMILES string of the molecule is CC[C@@H]1C[C@H](C)CC/C=C\[C@@H]2C[C@@]2(C(=O)NS(=O)(=O)C2CC2)NC(=O)[C@@H]2C[C@@H](Oc3nc4ccc(OC)cc4nc3N(C)C)CN2C(=O)C1NC(=O)OC(C)(C)C(F)(F)F. The zero-order valence-corrected chi connectivity index (χ0v) is 35.6. The van der Waals surface area contributed by atoms with Crippen molar-refractivity contribution in [2.45, 2.75) is 120 Å². The van der Waals surface area contributed by atoms with Gasteiger partial charge in [0.2, 0.25) is 27.4 Å². The Hall–Kier alpha value is -4.88. The van der Waals surface area contributed by atoms with Gasteiger partial charge in [-0.05, 0) is 76.3 Å². The van der Waals surface area contributed by atoms with E-state index in [1.54, 1.807) is 50.2 Å². The van der Waals surface area contributed by atoms with E-state index in [1.807, 2.05) is 13.0 Å². The molecule has 1 saturated heterocycles. The maximum absolute atomic E-state index is 14.9. The fourth-order valence-electron chi connectivity index (χ4n) is 7.83. The third-order valence-electron chi connectivity index (χ3n) is 11.8. The molecular weight excluding hydrogens is 812 g/mol. The Morgan fingerprint density at radius 1 is 1.08 bits per heavy atom. The number of ether oxygens (including phenoxy) is 3. The largest absolute Gasteiger partial charge is 0.497 e. The molecule has 4 aliphatic rings. The Morgan fingerprint density at radius 3 is 2.43 bits per heavy atom. The number of allylic oxidation sites excluding steroid dienone is 1. The van der Waals surface area contributed by atoms with Crippen LogP contribution in [0.4, 0.5) is 23.8 Å². The molecule has 4 amide bonds. The van der Waals surface area contributed by atoms with Crippen LogP contribution >= 0.6 is 0 Å². The standard InChI is InChI=1S/C40H54F3N7O9S/c1-8-23-17-22(2)11-9-10-12-24-20-39(24,36(53)48-60(55,56)27-14-15-27)47-33(51)30-19-26(21-50(30)35(52)31(23)46-37(54)59-38(3,4)40(41,42)43)58-34-32(49(5)6)44-29-18-25(57-7)13-16-28(29)45-34/h10,12-13,16,18,22-24,26-27,30-31H,8-9,11,14-15,17,19-21H2,1-7H3,(H,46,54)(H,47,51)(H,48,53)/b12-10-/t22-,23-,24-,26-,30+,31?,39-/m1/s1. The minimum Gasteiger partial charge on any atom is -0.497 e. The lowest BCUT2D eigenvalue weighted by atomic mass is 9.85. The Morgan fingerprint density at radius 2 is 1.80 bits per heavy atom. The summed E-state index contributed by atoms with van der Waals surface area (Å²) in [5, 5.41) is 4.52. The van der Waals surface area contributed by atoms with E-state index >= 15 is 0 Å². The van der Waals surface area contributed by atoms with Crippen LogP contribution in [0.1, 0.15) is 79.1 Å². The van der Waals surface area contributed by atoms with Gasteiger partial charge >= 0.3 is 12.3 Å². The van der Waals surface area contributed by atoms with Gasteiger partial charge in [-0.2, -0.15) is 13.2 Å². The van der Waals surface area contributed by atoms with E-state index in [1.165, 1.54) is 12.0 Å². The number of sulfonamides is 1. The van der Waals surface area contributed by atoms with Crippen LogP contribution in [-0.4, -0.2) is 116 Å². The number of fused-ring (bicyclic) bond motifs is 3. The highest BCUT2D eigenvalue weighted by molar-refractivity contribution is 7.91. The molecule has 1 unspecified atom stereocenters. The van der Waals surface area contributed by atoms with Gasteiger partial charge in [0.1, 0.15) is 29.5 Å². The topological polar surface area (TPSA) is 198 Å². The number of rotatable bonds is 10. The number of halogens is 3. The summed E-state index contributed by atoms with van der Waals surface area (Å²) >= 11 is 0. The molecule has 20 heteroatoms. The second kappa shape index (κ2) is 16.9. The average molecular weight is 866 g/mol. The number of nitrogens with one attached hydrogen (secondary N) is 3. The monoisotopic (exact) mass is 865 g/mol. The van der Waals surface area contributed by atoms with Crippen molar-refractivity contribution in [1.29, 1.82) is 0 Å². The molecule has 0 radical (unpaired) electrons. The first kappa shape index (κ1) is 44.7. The van der Waals surface area contributed by atoms with E-state index in [0.29, 0.717) is 75.0 Å². The van der Waals surface area contributed by atoms with Crippen LogP contribution < -0.4 is 29.7 Å². The van der Waals surface area contributed by atoms with Crippen molar-refractivity contribution in [2.75, 3.05) is 32.6 Å². The van der Waals surface area contributed by atoms with Gasteiger partial charge in [0.15, 0.2) is 5.82 Å². The lowest BCUT2D eigenvalue weighted by Gasteiger charge is -2.35. The van der Waals surface area contributed by atoms with Crippen molar-refractivity contribution in [3.05, 3.63) is 30.4 Å². The average Bonchev–Trinajstić information content (AvgIpc) is 4.10. The lowest BCUT2D eigenvalue weighted by Crippen LogP contribution is -2.59. The van der Waals surface area contributed by atoms with Gasteiger partial charge in [-0.15, -0.1) is 0 Å². The summed E-state index contributed by atoms with van der Waals surface area (Å²) in [5.74, 6) is -2.68. The Labute approximate surface area is 347 Å². The summed E-state index contributed by atoms with van der Waals surface area (Å²) in [6.45, 7) is 4.90. The number of carbonyl (C=O) groups is 4. The molecule has 0 bridgehead atoms. The molecular formula is C40H54F3N7O9S. The Kier molecular flexibility index (Phi) is 12.6. The molecule has 60 heavy (non-hydrogen) atoms. The van der Waals surface area contributed by atoms with Crippen LogP contribution in [-0.2, 0) is 29.1 Å². The lowest BCUT2D eigenvalue weighted by molar-refractivity contribution is -0.244. The molecule has 2 saturated carbocycles. The van der Waals surface area contributed by atoms with E-state index in [9.17, 15) is 40.8 Å². The molecule has 3 N–H and O–H groups in total. The van der Waals surface area contributed by atoms with Crippen molar-refractivity contribution in [3.63, 3.8) is 0 Å². The maximum Gasteiger partial charge on any atom is 0.427 e. The smallest absolute Gasteiger partial charge is 0.427 e. The second-order valence-electron chi connectivity index (χ2n) is 17.1. The minimum atomic E-state index is -4.92. The van der Waals surface area contributed by atoms with Crippen molar-refractivity contribution >= 4 is 50.7 Å². The van der Waals surface area contributed by atoms with Gasteiger partial charge < -0.3 is 34.6 Å². The summed E-state index contributed by atoms with van der Waals surface area (Å²) in [7, 11) is 0.988. The van der Waals surface area contributed by atoms with Crippen molar-refractivity contribution in [1.82, 2.24) is 30.2 Å². The number of nitrogens with zero attached hydrogens (tertiary/aromatic N) is 4. The normalized spacial score (nSPS) is 28.3. The molecule has 3 fully saturated rings. The summed E-state index contributed by atoms with van der Waals surface area (Å²) in [6.07, 6.45) is -1.01. The summed E-state index contributed by atoms with van der Waals surface area (Å²) < 4.78 is 86.1. The van der Waals surface area contributed by atoms with Gasteiger partial charge in [0, 0.05) is 32.5 Å². The van der Waals surface area contributed by atoms with Gasteiger partial charge in [0.25, 0.3) is 11.8 Å². The molecule has 2 aromatic rings. The number of methoxy groups -OCH3 is 1. The third-order valence-corrected chi connectivity index (χ3v) is 13.6. The minimum absolute atomic E-state index is 0.0403. The maximum atomic E-state index is 14.9. The summed E-state index contributed by atoms with van der Waals surface area (Å²) in [6, 6.07) is 2.32. The predicted octanol–water partition coefficient (Wildman–Crippen LogP) is 4.37. The van der Waals surface area contributed by atoms with Gasteiger partial charge in [0.05, 0.1) is 29.9 Å². The van der Waals surface area contributed by atoms with Crippen LogP contribution in [0.15, 0.2) is 30.4 Å². The van der Waals surface area contributed by atoms with E-state index in [-0.39, 0.29) is 31.2 Å². The summed E-state index contributed by atoms with van der Waals surface area (Å²) in [4.78, 5) is 68.9. The van der Waals surface area contributed by atoms with E-state index in [4.69, 9.17) is 24.2 Å². The van der Waals surface area contributed by atoms with Crippen LogP contribution in [0.25, 0.3) is 11.0 Å². The highest BCUT2D eigenvalue weighted by atomic mass is 32.2. The quantitative estimate of drug-likeness (QED) is 0.286. The Balaban J connectivity index is 1.38. The molecule has 7 atom stereocenters. The highest BCUT2D eigenvalue weighted by Crippen LogP contribution is 2.46. The van der Waals surface area contributed by atoms with Crippen LogP contribution in [0.2, 0.25) is 0 Å². The zero-order chi connectivity index (χ0) is 43.9. The fourth-order valence-corrected chi connectivity index (χ4v) is 9.19. The number of amides is 4. The number of alkyl halides is 3. The number of benzene rings is 1. The predicted molar refractivity (Wildman–Crippen MR) is 213 cm³/mol. The van der Waals surface area contributed by atoms with Crippen LogP contribution in [0, 0.1) is 17.8 Å². The molecule has 16 nitrogen and oxygen atoms in total. The number of aromatic nitrogens is 2. The number of hydrogen-bond donors (Lipinski definition) is 3. The number of anilines is 1. The first-order valence-corrected chi connectivity index (χ1v) is 21.7. The molecule has 0 spiro atoms. The van der Waals surface area contributed by atoms with E-state index in [0.717, 1.165) is 0 Å². The number of hydrogen-bond acceptors (Lipinski definition) is 12. The third kappa shape index (κ3) is 9.52. The molecule has 1 aromatic heterocycles. The van der Waals surface area contributed by atoms with Crippen molar-refractivity contribution in [3.8, 4) is 11.6 Å². The number of carbonyl (C=O) groups excluding carboxylic acids is 4. The molecule has 3 heterocycles. The van der Waals surface area contributed by atoms with Crippen molar-refractivity contribution in [2.24, 2.45) is 17.8 Å². The second-order valence-corrected chi connectivity index (χ2v) is 19.0. The van der Waals surface area contributed by atoms with Gasteiger partial charge in [-0.1, -0.05) is 32.4 Å². The zero-order valence-electron chi connectivity index (χ0n) is 34.8. The fraction of sp³-hybridized carbons (Fsp3) is 0.650. The summed E-state index contributed by atoms with van der Waals surface area (Å²) in [5.41, 5.74) is -3.57. The van der Waals surface area contributed by atoms with Gasteiger partial charge in [-0.3, -0.25) is 19.1 Å². The first-order chi connectivity index (χ1) is 28.1. The van der Waals surface area contributed by atoms with Crippen LogP contribution in [0.3, 0.4) is 0 Å². The van der Waals surface area contributed by atoms with E-state index in [2.05, 4.69) is 15.4 Å². The molecule has 330 valence electrons. The molecule has 1 aromatic carbocycles. The van der Waals surface area contributed by atoms with Crippen LogP contribution in [0.5, 0.6) is 11.6 Å². The Bertz CT molecular complexity index is 2130. The van der Waals surface area contributed by atoms with Gasteiger partial charge in [-0.25, -0.2) is 23.2 Å². The highest BCUT2D eigenvalue weighted by Gasteiger charge is 2.62. The van der Waals surface area contributed by atoms with E-state index < -0.39 is 86.4 Å². The molecule has 6 rings (SSSR count). The molecule has 2 aliphatic carbocycles. The first-order valence-electron chi connectivity index (χ1n) is 20.2. The number of alkyl carbamates (subject to hydrolysis) is 1. The molecule has 2 aliphatic heterocycles. The van der Waals surface area contributed by atoms with Crippen molar-refractivity contribution < 1.29 is 55.0 Å².